The van der Waals surface area contributed by atoms with Gasteiger partial charge in [-0.3, -0.25) is 4.79 Å². The Balaban J connectivity index is 1.71. The van der Waals surface area contributed by atoms with Crippen LogP contribution >= 0.6 is 0 Å². The van der Waals surface area contributed by atoms with Gasteiger partial charge in [-0.25, -0.2) is 13.2 Å². The standard InChI is InChI=1S/C21H23NO5S/c1-16-7-5-6-10-19(16)21(24)27-14-20(23)22(13-17-8-3-2-4-9-17)18-11-12-28(25,26)15-18/h2-10,18H,11-15H2,1H3/t18-/m0/s1. The summed E-state index contributed by atoms with van der Waals surface area (Å²) in [6.45, 7) is 1.65. The van der Waals surface area contributed by atoms with Crippen LogP contribution in [0.2, 0.25) is 0 Å². The molecule has 0 radical (unpaired) electrons. The molecule has 6 nitrogen and oxygen atoms in total. The summed E-state index contributed by atoms with van der Waals surface area (Å²) in [4.78, 5) is 26.6. The van der Waals surface area contributed by atoms with E-state index in [1.165, 1.54) is 4.90 Å². The average molecular weight is 401 g/mol. The van der Waals surface area contributed by atoms with Gasteiger partial charge < -0.3 is 9.64 Å². The van der Waals surface area contributed by atoms with Crippen LogP contribution in [-0.4, -0.2) is 49.3 Å². The van der Waals surface area contributed by atoms with Crippen LogP contribution < -0.4 is 0 Å². The molecular weight excluding hydrogens is 378 g/mol. The summed E-state index contributed by atoms with van der Waals surface area (Å²) < 4.78 is 29.0. The van der Waals surface area contributed by atoms with Crippen molar-refractivity contribution in [2.24, 2.45) is 0 Å². The number of hydrogen-bond acceptors (Lipinski definition) is 5. The Hall–Kier alpha value is -2.67. The highest BCUT2D eigenvalue weighted by Gasteiger charge is 2.35. The molecule has 0 saturated carbocycles. The van der Waals surface area contributed by atoms with Crippen LogP contribution in [-0.2, 0) is 25.9 Å². The summed E-state index contributed by atoms with van der Waals surface area (Å²) in [5.74, 6) is -0.950. The van der Waals surface area contributed by atoms with Crippen LogP contribution in [0.5, 0.6) is 0 Å². The Morgan fingerprint density at radius 2 is 1.75 bits per heavy atom. The highest BCUT2D eigenvalue weighted by Crippen LogP contribution is 2.20. The summed E-state index contributed by atoms with van der Waals surface area (Å²) in [5.41, 5.74) is 2.07. The second-order valence-electron chi connectivity index (χ2n) is 6.96. The van der Waals surface area contributed by atoms with Crippen LogP contribution in [0.1, 0.15) is 27.9 Å². The van der Waals surface area contributed by atoms with E-state index in [9.17, 15) is 18.0 Å². The molecule has 1 aliphatic rings. The molecular formula is C21H23NO5S. The van der Waals surface area contributed by atoms with Crippen molar-refractivity contribution >= 4 is 21.7 Å². The normalized spacial score (nSPS) is 17.8. The second kappa shape index (κ2) is 8.56. The Kier molecular flexibility index (Phi) is 6.14. The van der Waals surface area contributed by atoms with Crippen molar-refractivity contribution in [3.8, 4) is 0 Å². The number of sulfone groups is 1. The fraction of sp³-hybridized carbons (Fsp3) is 0.333. The molecule has 0 aromatic heterocycles. The van der Waals surface area contributed by atoms with Crippen molar-refractivity contribution in [3.05, 3.63) is 71.3 Å². The second-order valence-corrected chi connectivity index (χ2v) is 9.18. The van der Waals surface area contributed by atoms with Crippen LogP contribution in [0.25, 0.3) is 0 Å². The first-order valence-electron chi connectivity index (χ1n) is 9.12. The number of amides is 1. The van der Waals surface area contributed by atoms with Crippen molar-refractivity contribution in [2.75, 3.05) is 18.1 Å². The molecule has 1 amide bonds. The molecule has 2 aromatic rings. The van der Waals surface area contributed by atoms with Gasteiger partial charge in [-0.2, -0.15) is 0 Å². The summed E-state index contributed by atoms with van der Waals surface area (Å²) >= 11 is 0. The molecule has 3 rings (SSSR count). The Bertz CT molecular complexity index is 956. The predicted octanol–water partition coefficient (Wildman–Crippen LogP) is 2.37. The minimum Gasteiger partial charge on any atom is -0.452 e. The lowest BCUT2D eigenvalue weighted by Crippen LogP contribution is -2.42. The quantitative estimate of drug-likeness (QED) is 0.694. The molecule has 1 atom stereocenters. The van der Waals surface area contributed by atoms with Gasteiger partial charge in [-0.05, 0) is 30.5 Å². The van der Waals surface area contributed by atoms with Gasteiger partial charge in [-0.15, -0.1) is 0 Å². The topological polar surface area (TPSA) is 80.8 Å². The number of esters is 1. The first-order valence-corrected chi connectivity index (χ1v) is 10.9. The summed E-state index contributed by atoms with van der Waals surface area (Å²) in [6, 6.07) is 15.9. The maximum Gasteiger partial charge on any atom is 0.338 e. The van der Waals surface area contributed by atoms with Crippen LogP contribution in [0.4, 0.5) is 0 Å². The zero-order valence-corrected chi connectivity index (χ0v) is 16.5. The van der Waals surface area contributed by atoms with E-state index >= 15 is 0 Å². The molecule has 0 unspecified atom stereocenters. The van der Waals surface area contributed by atoms with Gasteiger partial charge in [0.1, 0.15) is 0 Å². The number of carbonyl (C=O) groups excluding carboxylic acids is 2. The Morgan fingerprint density at radius 3 is 2.39 bits per heavy atom. The van der Waals surface area contributed by atoms with Crippen LogP contribution in [0.3, 0.4) is 0 Å². The van der Waals surface area contributed by atoms with Crippen molar-refractivity contribution in [3.63, 3.8) is 0 Å². The number of aryl methyl sites for hydroxylation is 1. The highest BCUT2D eigenvalue weighted by atomic mass is 32.2. The number of ether oxygens (including phenoxy) is 1. The lowest BCUT2D eigenvalue weighted by atomic mass is 10.1. The molecule has 28 heavy (non-hydrogen) atoms. The van der Waals surface area contributed by atoms with Gasteiger partial charge in [0.25, 0.3) is 5.91 Å². The van der Waals surface area contributed by atoms with Crippen molar-refractivity contribution in [1.29, 1.82) is 0 Å². The molecule has 0 N–H and O–H groups in total. The van der Waals surface area contributed by atoms with Gasteiger partial charge in [0.15, 0.2) is 16.4 Å². The van der Waals surface area contributed by atoms with E-state index in [1.54, 1.807) is 25.1 Å². The van der Waals surface area contributed by atoms with E-state index in [0.717, 1.165) is 11.1 Å². The Morgan fingerprint density at radius 1 is 1.07 bits per heavy atom. The molecule has 148 valence electrons. The molecule has 0 bridgehead atoms. The van der Waals surface area contributed by atoms with Gasteiger partial charge >= 0.3 is 5.97 Å². The van der Waals surface area contributed by atoms with E-state index in [1.807, 2.05) is 36.4 Å². The molecule has 2 aromatic carbocycles. The third-order valence-corrected chi connectivity index (χ3v) is 6.61. The zero-order chi connectivity index (χ0) is 20.1. The molecule has 1 fully saturated rings. The lowest BCUT2D eigenvalue weighted by Gasteiger charge is -2.28. The Labute approximate surface area is 165 Å². The van der Waals surface area contributed by atoms with Gasteiger partial charge in [0, 0.05) is 12.6 Å². The van der Waals surface area contributed by atoms with E-state index in [-0.39, 0.29) is 18.1 Å². The average Bonchev–Trinajstić information content (AvgIpc) is 3.04. The van der Waals surface area contributed by atoms with Gasteiger partial charge in [0.05, 0.1) is 17.1 Å². The first-order chi connectivity index (χ1) is 13.4. The lowest BCUT2D eigenvalue weighted by molar-refractivity contribution is -0.137. The number of hydrogen-bond donors (Lipinski definition) is 0. The maximum absolute atomic E-state index is 12.8. The minimum absolute atomic E-state index is 0.0582. The van der Waals surface area contributed by atoms with Gasteiger partial charge in [0.2, 0.25) is 0 Å². The summed E-state index contributed by atoms with van der Waals surface area (Å²) in [6.07, 6.45) is 0.395. The smallest absolute Gasteiger partial charge is 0.338 e. The van der Waals surface area contributed by atoms with E-state index in [0.29, 0.717) is 12.0 Å². The van der Waals surface area contributed by atoms with Crippen LogP contribution in [0.15, 0.2) is 54.6 Å². The SMILES string of the molecule is Cc1ccccc1C(=O)OCC(=O)N(Cc1ccccc1)[C@H]1CCS(=O)(=O)C1. The van der Waals surface area contributed by atoms with E-state index in [4.69, 9.17) is 4.74 Å². The van der Waals surface area contributed by atoms with Crippen LogP contribution in [0, 0.1) is 6.92 Å². The zero-order valence-electron chi connectivity index (χ0n) is 15.7. The molecule has 1 aliphatic heterocycles. The first kappa shape index (κ1) is 20.1. The molecule has 0 spiro atoms. The monoisotopic (exact) mass is 401 g/mol. The largest absolute Gasteiger partial charge is 0.452 e. The van der Waals surface area contributed by atoms with Crippen molar-refractivity contribution in [2.45, 2.75) is 25.9 Å². The third-order valence-electron chi connectivity index (χ3n) is 4.86. The number of rotatable bonds is 6. The van der Waals surface area contributed by atoms with Gasteiger partial charge in [-0.1, -0.05) is 48.5 Å². The molecule has 0 aliphatic carbocycles. The van der Waals surface area contributed by atoms with E-state index < -0.39 is 34.4 Å². The van der Waals surface area contributed by atoms with Crippen molar-refractivity contribution in [1.82, 2.24) is 4.90 Å². The predicted molar refractivity (Wildman–Crippen MR) is 106 cm³/mol. The highest BCUT2D eigenvalue weighted by molar-refractivity contribution is 7.91. The molecule has 1 heterocycles. The number of carbonyl (C=O) groups is 2. The number of benzene rings is 2. The minimum atomic E-state index is -3.15. The van der Waals surface area contributed by atoms with Crippen molar-refractivity contribution < 1.29 is 22.7 Å². The number of nitrogens with zero attached hydrogens (tertiary/aromatic N) is 1. The maximum atomic E-state index is 12.8. The third kappa shape index (κ3) is 4.98. The summed E-state index contributed by atoms with van der Waals surface area (Å²) in [5, 5.41) is 0. The summed E-state index contributed by atoms with van der Waals surface area (Å²) in [7, 11) is -3.15. The molecule has 1 saturated heterocycles. The fourth-order valence-electron chi connectivity index (χ4n) is 3.31. The van der Waals surface area contributed by atoms with E-state index in [2.05, 4.69) is 0 Å². The molecule has 7 heteroatoms. The fourth-order valence-corrected chi connectivity index (χ4v) is 5.04.